The first kappa shape index (κ1) is 28.0. The maximum atomic E-state index is 14.1. The second-order valence-electron chi connectivity index (χ2n) is 12.9. The third-order valence-corrected chi connectivity index (χ3v) is 13.1. The minimum Gasteiger partial charge on any atom is -0.454 e. The van der Waals surface area contributed by atoms with Gasteiger partial charge in [-0.05, 0) is 66.9 Å². The summed E-state index contributed by atoms with van der Waals surface area (Å²) in [5.74, 6) is -0.442. The number of nitrogens with zero attached hydrogens (tertiary/aromatic N) is 1. The molecule has 1 aliphatic carbocycles. The summed E-state index contributed by atoms with van der Waals surface area (Å²) in [4.78, 5) is 29.0. The van der Waals surface area contributed by atoms with Gasteiger partial charge in [0.25, 0.3) is 5.91 Å². The normalized spacial score (nSPS) is 26.2. The van der Waals surface area contributed by atoms with Crippen LogP contribution in [0.15, 0.2) is 48.5 Å². The number of benzene rings is 2. The second kappa shape index (κ2) is 9.69. The van der Waals surface area contributed by atoms with Crippen LogP contribution in [-0.2, 0) is 25.2 Å². The quantitative estimate of drug-likeness (QED) is 0.415. The van der Waals surface area contributed by atoms with E-state index in [0.717, 1.165) is 11.1 Å². The number of amides is 2. The van der Waals surface area contributed by atoms with Gasteiger partial charge in [-0.2, -0.15) is 0 Å². The lowest BCUT2D eigenvalue weighted by Gasteiger charge is -2.46. The van der Waals surface area contributed by atoms with Crippen LogP contribution in [0.25, 0.3) is 5.57 Å². The maximum Gasteiger partial charge on any atom is 0.417 e. The molecule has 0 saturated carbocycles. The van der Waals surface area contributed by atoms with Crippen molar-refractivity contribution in [3.8, 4) is 11.5 Å². The van der Waals surface area contributed by atoms with E-state index in [1.54, 1.807) is 6.07 Å². The summed E-state index contributed by atoms with van der Waals surface area (Å²) in [6.45, 7) is 14.7. The average Bonchev–Trinajstić information content (AvgIpc) is 3.50. The number of carbonyl (C=O) groups is 2. The van der Waals surface area contributed by atoms with Crippen LogP contribution in [0.5, 0.6) is 11.5 Å². The molecule has 0 spiro atoms. The van der Waals surface area contributed by atoms with E-state index < -0.39 is 50.5 Å². The lowest BCUT2D eigenvalue weighted by molar-refractivity contribution is -0.153. The Morgan fingerprint density at radius 3 is 2.32 bits per heavy atom. The van der Waals surface area contributed by atoms with Gasteiger partial charge in [-0.15, -0.1) is 0 Å². The van der Waals surface area contributed by atoms with Gasteiger partial charge < -0.3 is 28.1 Å². The summed E-state index contributed by atoms with van der Waals surface area (Å²) in [6, 6.07) is 12.0. The Morgan fingerprint density at radius 2 is 1.66 bits per heavy atom. The molecule has 2 amide bonds. The van der Waals surface area contributed by atoms with Crippen LogP contribution < -0.4 is 9.47 Å². The minimum atomic E-state index is -2.26. The molecule has 2 aromatic carbocycles. The van der Waals surface area contributed by atoms with E-state index in [1.807, 2.05) is 56.3 Å². The predicted molar refractivity (Wildman–Crippen MR) is 153 cm³/mol. The van der Waals surface area contributed by atoms with E-state index in [9.17, 15) is 9.59 Å². The molecule has 218 valence electrons. The molecule has 4 aliphatic rings. The van der Waals surface area contributed by atoms with E-state index in [-0.39, 0.29) is 18.4 Å². The van der Waals surface area contributed by atoms with Gasteiger partial charge in [-0.25, -0.2) is 9.69 Å². The van der Waals surface area contributed by atoms with Gasteiger partial charge in [0.2, 0.25) is 6.79 Å². The van der Waals surface area contributed by atoms with Crippen molar-refractivity contribution >= 4 is 25.9 Å². The summed E-state index contributed by atoms with van der Waals surface area (Å²) >= 11 is 0. The zero-order chi connectivity index (χ0) is 29.3. The van der Waals surface area contributed by atoms with E-state index in [4.69, 9.17) is 28.1 Å². The lowest BCUT2D eigenvalue weighted by Crippen LogP contribution is -2.61. The van der Waals surface area contributed by atoms with Crippen molar-refractivity contribution < 1.29 is 37.7 Å². The summed E-state index contributed by atoms with van der Waals surface area (Å²) in [7, 11) is -2.26. The number of ether oxygens (including phenoxy) is 5. The van der Waals surface area contributed by atoms with Crippen LogP contribution >= 0.6 is 0 Å². The van der Waals surface area contributed by atoms with Gasteiger partial charge in [0.05, 0.1) is 17.7 Å². The van der Waals surface area contributed by atoms with Crippen molar-refractivity contribution in [2.24, 2.45) is 0 Å². The van der Waals surface area contributed by atoms with Gasteiger partial charge in [0.1, 0.15) is 18.8 Å². The number of imide groups is 1. The van der Waals surface area contributed by atoms with Crippen LogP contribution in [-0.4, -0.2) is 62.2 Å². The van der Waals surface area contributed by atoms with Crippen molar-refractivity contribution in [1.29, 1.82) is 0 Å². The highest BCUT2D eigenvalue weighted by Crippen LogP contribution is 2.50. The maximum absolute atomic E-state index is 14.1. The zero-order valence-corrected chi connectivity index (χ0v) is 25.6. The number of fused-ring (bicyclic) bond motifs is 6. The molecule has 0 N–H and O–H groups in total. The molecule has 1 saturated heterocycles. The molecule has 0 radical (unpaired) electrons. The van der Waals surface area contributed by atoms with Crippen molar-refractivity contribution in [2.75, 3.05) is 6.79 Å². The third-order valence-electron chi connectivity index (χ3n) is 8.65. The van der Waals surface area contributed by atoms with Gasteiger partial charge in [0, 0.05) is 0 Å². The first-order valence-corrected chi connectivity index (χ1v) is 16.9. The molecule has 10 heteroatoms. The van der Waals surface area contributed by atoms with Gasteiger partial charge in [-0.3, -0.25) is 4.79 Å². The molecule has 9 nitrogen and oxygen atoms in total. The summed E-state index contributed by atoms with van der Waals surface area (Å²) < 4.78 is 36.8. The molecule has 1 unspecified atom stereocenters. The van der Waals surface area contributed by atoms with Crippen molar-refractivity contribution in [1.82, 2.24) is 4.90 Å². The first-order valence-electron chi connectivity index (χ1n) is 14.0. The Labute approximate surface area is 241 Å². The molecule has 0 bridgehead atoms. The fourth-order valence-corrected chi connectivity index (χ4v) is 6.85. The molecule has 3 heterocycles. The molecule has 0 aromatic heterocycles. The monoisotopic (exact) mass is 579 g/mol. The minimum absolute atomic E-state index is 0.0251. The van der Waals surface area contributed by atoms with E-state index in [2.05, 4.69) is 33.9 Å². The molecule has 3 aliphatic heterocycles. The highest BCUT2D eigenvalue weighted by atomic mass is 28.4. The third kappa shape index (κ3) is 4.86. The Bertz CT molecular complexity index is 1410. The first-order chi connectivity index (χ1) is 19.3. The highest BCUT2D eigenvalue weighted by Gasteiger charge is 2.59. The number of hydrogen-bond donors (Lipinski definition) is 0. The second-order valence-corrected chi connectivity index (χ2v) is 17.7. The fourth-order valence-electron chi connectivity index (χ4n) is 5.62. The molecule has 41 heavy (non-hydrogen) atoms. The summed E-state index contributed by atoms with van der Waals surface area (Å²) in [5.41, 5.74) is 2.54. The van der Waals surface area contributed by atoms with Gasteiger partial charge >= 0.3 is 6.09 Å². The van der Waals surface area contributed by atoms with E-state index in [1.165, 1.54) is 4.90 Å². The number of hydrogen-bond acceptors (Lipinski definition) is 8. The lowest BCUT2D eigenvalue weighted by atomic mass is 9.78. The summed E-state index contributed by atoms with van der Waals surface area (Å²) in [5, 5.41) is -0.0491. The Kier molecular flexibility index (Phi) is 6.61. The molecular formula is C31H37NO8Si. The highest BCUT2D eigenvalue weighted by molar-refractivity contribution is 6.74. The Balaban J connectivity index is 1.46. The SMILES string of the molecule is CC1(C)O[C@@H]2[C@H](O[Si](C)(C)C(C)(C)C)C=C3c4cc5c(cc4C(=O)N(C(=O)OCc4ccccc4)C3[C@@H]2O1)OCO5. The van der Waals surface area contributed by atoms with Crippen LogP contribution in [0, 0.1) is 0 Å². The zero-order valence-electron chi connectivity index (χ0n) is 24.6. The topological polar surface area (TPSA) is 92.8 Å². The Hall–Kier alpha value is -3.18. The molecular weight excluding hydrogens is 542 g/mol. The number of rotatable bonds is 4. The molecule has 1 fully saturated rings. The van der Waals surface area contributed by atoms with Crippen LogP contribution in [0.2, 0.25) is 18.1 Å². The number of carbonyl (C=O) groups excluding carboxylic acids is 2. The van der Waals surface area contributed by atoms with Crippen LogP contribution in [0.4, 0.5) is 4.79 Å². The van der Waals surface area contributed by atoms with Gasteiger partial charge in [0.15, 0.2) is 25.6 Å². The van der Waals surface area contributed by atoms with E-state index in [0.29, 0.717) is 22.6 Å². The Morgan fingerprint density at radius 1 is 1.02 bits per heavy atom. The van der Waals surface area contributed by atoms with E-state index >= 15 is 0 Å². The summed E-state index contributed by atoms with van der Waals surface area (Å²) in [6.07, 6.45) is -0.425. The average molecular weight is 580 g/mol. The molecule has 2 aromatic rings. The standard InChI is InChI=1S/C31H37NO8Si/c1-30(2,3)41(6,7)40-24-14-20-19-13-22-23(37-17-36-22)15-21(19)28(33)32(25(20)27-26(24)38-31(4,5)39-27)29(34)35-16-18-11-9-8-10-12-18/h8-15,24-27H,16-17H2,1-7H3/t24-,25?,26-,27+/m1/s1. The van der Waals surface area contributed by atoms with Gasteiger partial charge in [-0.1, -0.05) is 51.1 Å². The predicted octanol–water partition coefficient (Wildman–Crippen LogP) is 5.88. The smallest absolute Gasteiger partial charge is 0.417 e. The van der Waals surface area contributed by atoms with Crippen molar-refractivity contribution in [2.45, 2.75) is 89.5 Å². The van der Waals surface area contributed by atoms with Crippen molar-refractivity contribution in [3.05, 3.63) is 65.2 Å². The van der Waals surface area contributed by atoms with Crippen LogP contribution in [0.3, 0.4) is 0 Å². The van der Waals surface area contributed by atoms with Crippen molar-refractivity contribution in [3.63, 3.8) is 0 Å². The molecule has 6 rings (SSSR count). The fraction of sp³-hybridized carbons (Fsp3) is 0.484. The molecule has 4 atom stereocenters. The van der Waals surface area contributed by atoms with Crippen LogP contribution in [0.1, 0.15) is 56.1 Å². The largest absolute Gasteiger partial charge is 0.454 e.